The number of hydrogen-bond donors (Lipinski definition) is 2. The lowest BCUT2D eigenvalue weighted by molar-refractivity contribution is -0.0795. The number of piperidine rings is 1. The molecule has 0 spiro atoms. The SMILES string of the molecule is Nc1ncnc2c1c(Oc1cccc(Cl)c1)nn2CC1CCNCC1(F)F. The van der Waals surface area contributed by atoms with E-state index >= 15 is 0 Å². The Labute approximate surface area is 158 Å². The molecule has 1 fully saturated rings. The Balaban J connectivity index is 1.72. The molecule has 1 aliphatic rings. The van der Waals surface area contributed by atoms with Gasteiger partial charge in [0.25, 0.3) is 11.8 Å². The normalized spacial score (nSPS) is 19.3. The Morgan fingerprint density at radius 1 is 1.37 bits per heavy atom. The van der Waals surface area contributed by atoms with Crippen LogP contribution in [-0.4, -0.2) is 38.8 Å². The van der Waals surface area contributed by atoms with Gasteiger partial charge in [0.1, 0.15) is 23.3 Å². The van der Waals surface area contributed by atoms with E-state index in [9.17, 15) is 8.78 Å². The Morgan fingerprint density at radius 2 is 2.22 bits per heavy atom. The first-order valence-electron chi connectivity index (χ1n) is 8.43. The van der Waals surface area contributed by atoms with Gasteiger partial charge >= 0.3 is 0 Å². The summed E-state index contributed by atoms with van der Waals surface area (Å²) in [4.78, 5) is 8.14. The molecule has 0 saturated carbocycles. The predicted octanol–water partition coefficient (Wildman–Crippen LogP) is 3.10. The monoisotopic (exact) mass is 394 g/mol. The van der Waals surface area contributed by atoms with E-state index in [4.69, 9.17) is 22.1 Å². The summed E-state index contributed by atoms with van der Waals surface area (Å²) < 4.78 is 35.7. The van der Waals surface area contributed by atoms with Crippen LogP contribution in [0.2, 0.25) is 5.02 Å². The standard InChI is InChI=1S/C17H17ClF2N6O/c18-11-2-1-3-12(6-11)27-16-13-14(21)23-9-24-15(13)26(25-16)7-10-4-5-22-8-17(10,19)20/h1-3,6,9-10,22H,4-5,7-8H2,(H2,21,23,24). The maximum Gasteiger partial charge on any atom is 0.264 e. The van der Waals surface area contributed by atoms with Crippen molar-refractivity contribution < 1.29 is 13.5 Å². The lowest BCUT2D eigenvalue weighted by Crippen LogP contribution is -2.47. The Bertz CT molecular complexity index is 979. The van der Waals surface area contributed by atoms with Crippen LogP contribution >= 0.6 is 11.6 Å². The van der Waals surface area contributed by atoms with Crippen LogP contribution in [0.4, 0.5) is 14.6 Å². The number of nitrogens with two attached hydrogens (primary N) is 1. The molecule has 7 nitrogen and oxygen atoms in total. The van der Waals surface area contributed by atoms with Gasteiger partial charge in [-0.1, -0.05) is 17.7 Å². The van der Waals surface area contributed by atoms with Gasteiger partial charge in [0.2, 0.25) is 0 Å². The van der Waals surface area contributed by atoms with Crippen molar-refractivity contribution in [2.24, 2.45) is 5.92 Å². The van der Waals surface area contributed by atoms with Crippen LogP contribution < -0.4 is 15.8 Å². The van der Waals surface area contributed by atoms with E-state index in [1.54, 1.807) is 24.3 Å². The number of rotatable bonds is 4. The number of halogens is 3. The summed E-state index contributed by atoms with van der Waals surface area (Å²) in [5, 5.41) is 7.95. The highest BCUT2D eigenvalue weighted by Gasteiger charge is 2.42. The van der Waals surface area contributed by atoms with E-state index < -0.39 is 11.8 Å². The van der Waals surface area contributed by atoms with Crippen LogP contribution in [0.3, 0.4) is 0 Å². The molecular weight excluding hydrogens is 378 g/mol. The van der Waals surface area contributed by atoms with Crippen molar-refractivity contribution in [1.82, 2.24) is 25.1 Å². The third-order valence-corrected chi connectivity index (χ3v) is 4.79. The lowest BCUT2D eigenvalue weighted by atomic mass is 9.94. The number of nitrogens with zero attached hydrogens (tertiary/aromatic N) is 4. The number of ether oxygens (including phenoxy) is 1. The highest BCUT2D eigenvalue weighted by molar-refractivity contribution is 6.30. The average Bonchev–Trinajstić information content (AvgIpc) is 2.95. The predicted molar refractivity (Wildman–Crippen MR) is 97.2 cm³/mol. The largest absolute Gasteiger partial charge is 0.437 e. The molecule has 3 aromatic rings. The molecule has 0 radical (unpaired) electrons. The Hall–Kier alpha value is -2.52. The van der Waals surface area contributed by atoms with E-state index in [0.29, 0.717) is 34.8 Å². The second kappa shape index (κ2) is 6.90. The van der Waals surface area contributed by atoms with Crippen molar-refractivity contribution in [2.75, 3.05) is 18.8 Å². The molecule has 2 aromatic heterocycles. The van der Waals surface area contributed by atoms with Crippen LogP contribution in [-0.2, 0) is 6.54 Å². The summed E-state index contributed by atoms with van der Waals surface area (Å²) in [7, 11) is 0. The molecule has 0 amide bonds. The molecule has 1 atom stereocenters. The van der Waals surface area contributed by atoms with Gasteiger partial charge in [-0.15, -0.1) is 5.10 Å². The van der Waals surface area contributed by atoms with Crippen LogP contribution in [0.25, 0.3) is 11.0 Å². The highest BCUT2D eigenvalue weighted by Crippen LogP contribution is 2.35. The van der Waals surface area contributed by atoms with Crippen molar-refractivity contribution in [3.8, 4) is 11.6 Å². The molecule has 1 saturated heterocycles. The summed E-state index contributed by atoms with van der Waals surface area (Å²) >= 11 is 5.98. The number of nitrogen functional groups attached to an aromatic ring is 1. The van der Waals surface area contributed by atoms with Gasteiger partial charge in [-0.05, 0) is 31.2 Å². The quantitative estimate of drug-likeness (QED) is 0.706. The van der Waals surface area contributed by atoms with Crippen LogP contribution in [0.15, 0.2) is 30.6 Å². The first kappa shape index (κ1) is 17.9. The van der Waals surface area contributed by atoms with E-state index in [0.717, 1.165) is 0 Å². The molecule has 4 rings (SSSR count). The maximum absolute atomic E-state index is 14.2. The number of aromatic nitrogens is 4. The summed E-state index contributed by atoms with van der Waals surface area (Å²) in [6, 6.07) is 6.76. The smallest absolute Gasteiger partial charge is 0.264 e. The zero-order valence-corrected chi connectivity index (χ0v) is 15.0. The van der Waals surface area contributed by atoms with Crippen LogP contribution in [0.1, 0.15) is 6.42 Å². The molecular formula is C17H17ClF2N6O. The van der Waals surface area contributed by atoms with E-state index in [2.05, 4.69) is 20.4 Å². The van der Waals surface area contributed by atoms with Gasteiger partial charge < -0.3 is 15.8 Å². The molecule has 142 valence electrons. The molecule has 3 heterocycles. The molecule has 3 N–H and O–H groups in total. The molecule has 0 aliphatic carbocycles. The van der Waals surface area contributed by atoms with Gasteiger partial charge in [-0.3, -0.25) is 0 Å². The fourth-order valence-electron chi connectivity index (χ4n) is 3.16. The number of fused-ring (bicyclic) bond motifs is 1. The van der Waals surface area contributed by atoms with Crippen molar-refractivity contribution in [1.29, 1.82) is 0 Å². The summed E-state index contributed by atoms with van der Waals surface area (Å²) in [6.07, 6.45) is 1.61. The summed E-state index contributed by atoms with van der Waals surface area (Å²) in [5.74, 6) is -2.92. The van der Waals surface area contributed by atoms with Gasteiger partial charge in [0.05, 0.1) is 13.1 Å². The van der Waals surface area contributed by atoms with E-state index in [1.807, 2.05) is 0 Å². The minimum atomic E-state index is -2.83. The van der Waals surface area contributed by atoms with Crippen molar-refractivity contribution in [3.63, 3.8) is 0 Å². The third kappa shape index (κ3) is 3.52. The van der Waals surface area contributed by atoms with Gasteiger partial charge in [-0.2, -0.15) is 0 Å². The molecule has 1 aromatic carbocycles. The third-order valence-electron chi connectivity index (χ3n) is 4.56. The second-order valence-electron chi connectivity index (χ2n) is 6.43. The lowest BCUT2D eigenvalue weighted by Gasteiger charge is -2.31. The van der Waals surface area contributed by atoms with Crippen molar-refractivity contribution in [2.45, 2.75) is 18.9 Å². The van der Waals surface area contributed by atoms with E-state index in [-0.39, 0.29) is 24.8 Å². The average molecular weight is 395 g/mol. The van der Waals surface area contributed by atoms with Crippen LogP contribution in [0, 0.1) is 5.92 Å². The number of nitrogens with one attached hydrogen (secondary N) is 1. The topological polar surface area (TPSA) is 90.9 Å². The molecule has 1 aliphatic heterocycles. The molecule has 0 bridgehead atoms. The minimum Gasteiger partial charge on any atom is -0.437 e. The molecule has 1 unspecified atom stereocenters. The van der Waals surface area contributed by atoms with Gasteiger partial charge in [-0.25, -0.2) is 23.4 Å². The molecule has 10 heteroatoms. The van der Waals surface area contributed by atoms with Gasteiger partial charge in [0, 0.05) is 10.9 Å². The highest BCUT2D eigenvalue weighted by atomic mass is 35.5. The minimum absolute atomic E-state index is 0.000535. The van der Waals surface area contributed by atoms with Crippen molar-refractivity contribution >= 4 is 28.5 Å². The number of anilines is 1. The van der Waals surface area contributed by atoms with Gasteiger partial charge in [0.15, 0.2) is 5.65 Å². The second-order valence-corrected chi connectivity index (χ2v) is 6.86. The summed E-state index contributed by atoms with van der Waals surface area (Å²) in [6.45, 7) is 0.183. The number of benzene rings is 1. The zero-order valence-electron chi connectivity index (χ0n) is 14.2. The van der Waals surface area contributed by atoms with E-state index in [1.165, 1.54) is 11.0 Å². The zero-order chi connectivity index (χ0) is 19.0. The summed E-state index contributed by atoms with van der Waals surface area (Å²) in [5.41, 5.74) is 6.33. The fourth-order valence-corrected chi connectivity index (χ4v) is 3.34. The Morgan fingerprint density at radius 3 is 3.00 bits per heavy atom. The fraction of sp³-hybridized carbons (Fsp3) is 0.353. The first-order valence-corrected chi connectivity index (χ1v) is 8.81. The van der Waals surface area contributed by atoms with Crippen LogP contribution in [0.5, 0.6) is 11.6 Å². The number of alkyl halides is 2. The first-order chi connectivity index (χ1) is 12.9. The maximum atomic E-state index is 14.2. The number of hydrogen-bond acceptors (Lipinski definition) is 6. The van der Waals surface area contributed by atoms with Crippen molar-refractivity contribution in [3.05, 3.63) is 35.6 Å². The molecule has 27 heavy (non-hydrogen) atoms. The Kier molecular flexibility index (Phi) is 4.56.